The van der Waals surface area contributed by atoms with Crippen LogP contribution in [0.2, 0.25) is 5.02 Å². The number of benzene rings is 1. The molecule has 0 spiro atoms. The molecule has 2 rings (SSSR count). The van der Waals surface area contributed by atoms with E-state index in [2.05, 4.69) is 14.7 Å². The number of hydrogen-bond donors (Lipinski definition) is 3. The van der Waals surface area contributed by atoms with Crippen molar-refractivity contribution in [3.8, 4) is 5.75 Å². The number of aromatic amines is 1. The van der Waals surface area contributed by atoms with Gasteiger partial charge in [0, 0.05) is 11.1 Å². The van der Waals surface area contributed by atoms with Crippen LogP contribution in [-0.4, -0.2) is 23.5 Å². The van der Waals surface area contributed by atoms with Gasteiger partial charge in [0.1, 0.15) is 11.6 Å². The zero-order valence-corrected chi connectivity index (χ0v) is 10.9. The van der Waals surface area contributed by atoms with Gasteiger partial charge >= 0.3 is 0 Å². The number of nitrogens with one attached hydrogen (secondary N) is 2. The van der Waals surface area contributed by atoms with Gasteiger partial charge in [0.2, 0.25) is 0 Å². The van der Waals surface area contributed by atoms with Gasteiger partial charge in [-0.2, -0.15) is 8.42 Å². The van der Waals surface area contributed by atoms with Crippen LogP contribution >= 0.6 is 11.6 Å². The van der Waals surface area contributed by atoms with Crippen molar-refractivity contribution in [1.82, 2.24) is 9.97 Å². The lowest BCUT2D eigenvalue weighted by atomic mass is 10.3. The van der Waals surface area contributed by atoms with Gasteiger partial charge in [0.25, 0.3) is 10.0 Å². The van der Waals surface area contributed by atoms with Gasteiger partial charge in [-0.3, -0.25) is 4.72 Å². The third-order valence-corrected chi connectivity index (χ3v) is 3.68. The van der Waals surface area contributed by atoms with Crippen LogP contribution in [0.5, 0.6) is 5.75 Å². The summed E-state index contributed by atoms with van der Waals surface area (Å²) in [6, 6.07) is 4.09. The summed E-state index contributed by atoms with van der Waals surface area (Å²) in [6.45, 7) is 1.64. The molecular formula is C10H10ClN3O3S. The van der Waals surface area contributed by atoms with E-state index in [-0.39, 0.29) is 16.5 Å². The lowest BCUT2D eigenvalue weighted by molar-refractivity contribution is 0.477. The van der Waals surface area contributed by atoms with E-state index in [0.717, 1.165) is 0 Å². The van der Waals surface area contributed by atoms with Crippen LogP contribution in [0.3, 0.4) is 0 Å². The van der Waals surface area contributed by atoms with E-state index >= 15 is 0 Å². The minimum atomic E-state index is -3.80. The molecule has 0 fully saturated rings. The monoisotopic (exact) mass is 287 g/mol. The highest BCUT2D eigenvalue weighted by Crippen LogP contribution is 2.28. The fraction of sp³-hybridized carbons (Fsp3) is 0.100. The molecule has 0 aliphatic rings. The third-order valence-electron chi connectivity index (χ3n) is 2.17. The van der Waals surface area contributed by atoms with E-state index < -0.39 is 10.0 Å². The number of imidazole rings is 1. The molecule has 0 aliphatic carbocycles. The molecular weight excluding hydrogens is 278 g/mol. The molecule has 18 heavy (non-hydrogen) atoms. The number of aromatic hydroxyl groups is 1. The number of halogens is 1. The highest BCUT2D eigenvalue weighted by molar-refractivity contribution is 7.92. The first kappa shape index (κ1) is 12.7. The first-order valence-electron chi connectivity index (χ1n) is 4.91. The Morgan fingerprint density at radius 3 is 2.72 bits per heavy atom. The summed E-state index contributed by atoms with van der Waals surface area (Å²) < 4.78 is 26.1. The number of aryl methyl sites for hydroxylation is 1. The Morgan fingerprint density at radius 1 is 1.44 bits per heavy atom. The number of phenolic OH excluding ortho intramolecular Hbond substituents is 1. The quantitative estimate of drug-likeness (QED) is 0.751. The molecule has 0 bridgehead atoms. The minimum Gasteiger partial charge on any atom is -0.506 e. The molecule has 0 aliphatic heterocycles. The highest BCUT2D eigenvalue weighted by Gasteiger charge is 2.18. The van der Waals surface area contributed by atoms with Gasteiger partial charge in [-0.1, -0.05) is 11.6 Å². The van der Waals surface area contributed by atoms with E-state index in [0.29, 0.717) is 10.8 Å². The molecule has 0 radical (unpaired) electrons. The molecule has 0 amide bonds. The smallest absolute Gasteiger partial charge is 0.279 e. The molecule has 8 heteroatoms. The number of rotatable bonds is 3. The number of aromatic nitrogens is 2. The second-order valence-corrected chi connectivity index (χ2v) is 5.69. The molecule has 6 nitrogen and oxygen atoms in total. The molecule has 0 unspecified atom stereocenters. The molecule has 1 heterocycles. The molecule has 2 aromatic rings. The summed E-state index contributed by atoms with van der Waals surface area (Å²) in [5.74, 6) is 0.234. The maximum atomic E-state index is 11.9. The van der Waals surface area contributed by atoms with Crippen molar-refractivity contribution in [2.75, 3.05) is 4.72 Å². The van der Waals surface area contributed by atoms with Gasteiger partial charge in [0.05, 0.1) is 11.9 Å². The van der Waals surface area contributed by atoms with Gasteiger partial charge in [-0.05, 0) is 19.1 Å². The number of phenols is 1. The van der Waals surface area contributed by atoms with E-state index in [1.807, 2.05) is 0 Å². The van der Waals surface area contributed by atoms with Gasteiger partial charge in [0.15, 0.2) is 5.03 Å². The summed E-state index contributed by atoms with van der Waals surface area (Å²) >= 11 is 5.66. The summed E-state index contributed by atoms with van der Waals surface area (Å²) in [7, 11) is -3.80. The normalized spacial score (nSPS) is 11.4. The SMILES string of the molecule is Cc1ncc(S(=O)(=O)Nc2ccc(Cl)cc2O)[nH]1. The Balaban J connectivity index is 2.33. The van der Waals surface area contributed by atoms with Crippen molar-refractivity contribution in [1.29, 1.82) is 0 Å². The Kier molecular flexibility index (Phi) is 3.18. The zero-order chi connectivity index (χ0) is 13.3. The Bertz CT molecular complexity index is 681. The van der Waals surface area contributed by atoms with E-state index in [9.17, 15) is 13.5 Å². The van der Waals surface area contributed by atoms with Crippen LogP contribution in [0.4, 0.5) is 5.69 Å². The molecule has 96 valence electrons. The summed E-state index contributed by atoms with van der Waals surface area (Å²) in [5.41, 5.74) is 0.0478. The van der Waals surface area contributed by atoms with Crippen molar-refractivity contribution in [3.63, 3.8) is 0 Å². The molecule has 1 aromatic heterocycles. The van der Waals surface area contributed by atoms with Crippen molar-refractivity contribution < 1.29 is 13.5 Å². The van der Waals surface area contributed by atoms with Crippen molar-refractivity contribution in [2.24, 2.45) is 0 Å². The molecule has 0 saturated heterocycles. The van der Waals surface area contributed by atoms with Crippen LogP contribution in [0.15, 0.2) is 29.4 Å². The first-order valence-corrected chi connectivity index (χ1v) is 6.77. The van der Waals surface area contributed by atoms with Crippen molar-refractivity contribution in [3.05, 3.63) is 35.2 Å². The Labute approximate surface area is 109 Å². The van der Waals surface area contributed by atoms with Crippen LogP contribution in [0.1, 0.15) is 5.82 Å². The Hall–Kier alpha value is -1.73. The fourth-order valence-corrected chi connectivity index (χ4v) is 2.54. The van der Waals surface area contributed by atoms with Crippen molar-refractivity contribution >= 4 is 27.3 Å². The number of H-pyrrole nitrogens is 1. The minimum absolute atomic E-state index is 0.0478. The van der Waals surface area contributed by atoms with E-state index in [1.54, 1.807) is 6.92 Å². The molecule has 1 aromatic carbocycles. The second-order valence-electron chi connectivity index (χ2n) is 3.60. The second kappa shape index (κ2) is 4.51. The van der Waals surface area contributed by atoms with Crippen LogP contribution < -0.4 is 4.72 Å². The van der Waals surface area contributed by atoms with Crippen LogP contribution in [0.25, 0.3) is 0 Å². The number of hydrogen-bond acceptors (Lipinski definition) is 4. The lowest BCUT2D eigenvalue weighted by Crippen LogP contribution is -2.13. The topological polar surface area (TPSA) is 95.1 Å². The largest absolute Gasteiger partial charge is 0.506 e. The number of nitrogens with zero attached hydrogens (tertiary/aromatic N) is 1. The zero-order valence-electron chi connectivity index (χ0n) is 9.31. The molecule has 0 saturated carbocycles. The summed E-state index contributed by atoms with van der Waals surface area (Å²) in [6.07, 6.45) is 1.20. The highest BCUT2D eigenvalue weighted by atomic mass is 35.5. The average molecular weight is 288 g/mol. The maximum absolute atomic E-state index is 11.9. The lowest BCUT2D eigenvalue weighted by Gasteiger charge is -2.08. The molecule has 3 N–H and O–H groups in total. The first-order chi connectivity index (χ1) is 8.38. The Morgan fingerprint density at radius 2 is 2.17 bits per heavy atom. The molecule has 0 atom stereocenters. The van der Waals surface area contributed by atoms with Gasteiger partial charge in [-0.25, -0.2) is 4.98 Å². The average Bonchev–Trinajstić information content (AvgIpc) is 2.70. The maximum Gasteiger partial charge on any atom is 0.279 e. The number of anilines is 1. The summed E-state index contributed by atoms with van der Waals surface area (Å²) in [4.78, 5) is 6.40. The van der Waals surface area contributed by atoms with E-state index in [4.69, 9.17) is 11.6 Å². The predicted molar refractivity (Wildman–Crippen MR) is 67.3 cm³/mol. The van der Waals surface area contributed by atoms with Crippen LogP contribution in [0, 0.1) is 6.92 Å². The third kappa shape index (κ3) is 2.57. The van der Waals surface area contributed by atoms with Crippen molar-refractivity contribution in [2.45, 2.75) is 11.9 Å². The summed E-state index contributed by atoms with van der Waals surface area (Å²) in [5, 5.41) is 9.81. The fourth-order valence-electron chi connectivity index (χ4n) is 1.33. The standard InChI is InChI=1S/C10H10ClN3O3S/c1-6-12-5-10(13-6)18(16,17)14-8-3-2-7(11)4-9(8)15/h2-5,14-15H,1H3,(H,12,13). The van der Waals surface area contributed by atoms with Gasteiger partial charge < -0.3 is 10.1 Å². The van der Waals surface area contributed by atoms with E-state index in [1.165, 1.54) is 24.4 Å². The van der Waals surface area contributed by atoms with Gasteiger partial charge in [-0.15, -0.1) is 0 Å². The number of sulfonamides is 1. The van der Waals surface area contributed by atoms with Crippen LogP contribution in [-0.2, 0) is 10.0 Å². The predicted octanol–water partition coefficient (Wildman–Crippen LogP) is 1.88.